The van der Waals surface area contributed by atoms with Crippen LogP contribution in [0.15, 0.2) is 48.5 Å². The predicted molar refractivity (Wildman–Crippen MR) is 106 cm³/mol. The van der Waals surface area contributed by atoms with Crippen molar-refractivity contribution in [2.24, 2.45) is 5.92 Å². The quantitative estimate of drug-likeness (QED) is 0.814. The molecular weight excluding hydrogens is 348 g/mol. The molecule has 0 radical (unpaired) electrons. The third-order valence-electron chi connectivity index (χ3n) is 4.68. The monoisotopic (exact) mass is 372 g/mol. The minimum Gasteiger partial charge on any atom is -0.381 e. The lowest BCUT2D eigenvalue weighted by molar-refractivity contribution is 0.0549. The van der Waals surface area contributed by atoms with Crippen molar-refractivity contribution in [3.8, 4) is 0 Å². The Morgan fingerprint density at radius 1 is 1.12 bits per heavy atom. The van der Waals surface area contributed by atoms with Crippen LogP contribution in [0, 0.1) is 5.92 Å². The summed E-state index contributed by atoms with van der Waals surface area (Å²) in [7, 11) is 2.16. The highest BCUT2D eigenvalue weighted by atomic mass is 35.5. The largest absolute Gasteiger partial charge is 0.381 e. The van der Waals surface area contributed by atoms with Crippen LogP contribution >= 0.6 is 11.6 Å². The Balaban J connectivity index is 1.51. The lowest BCUT2D eigenvalue weighted by Gasteiger charge is -2.27. The first-order valence-corrected chi connectivity index (χ1v) is 9.40. The summed E-state index contributed by atoms with van der Waals surface area (Å²) in [5.74, 6) is 0.595. The highest BCUT2D eigenvalue weighted by Crippen LogP contribution is 2.18. The van der Waals surface area contributed by atoms with Gasteiger partial charge in [0.05, 0.1) is 0 Å². The molecule has 0 atom stereocenters. The van der Waals surface area contributed by atoms with E-state index in [0.717, 1.165) is 50.8 Å². The number of halogens is 1. The van der Waals surface area contributed by atoms with Gasteiger partial charge in [0.15, 0.2) is 0 Å². The van der Waals surface area contributed by atoms with Crippen LogP contribution < -0.4 is 5.32 Å². The number of nitrogens with zero attached hydrogens (tertiary/aromatic N) is 1. The summed E-state index contributed by atoms with van der Waals surface area (Å²) in [6.45, 7) is 3.78. The highest BCUT2D eigenvalue weighted by Gasteiger charge is 2.15. The molecule has 1 N–H and O–H groups in total. The number of carbonyl (C=O) groups excluding carboxylic acids is 1. The molecule has 0 unspecified atom stereocenters. The van der Waals surface area contributed by atoms with Crippen LogP contribution in [-0.4, -0.2) is 37.6 Å². The first kappa shape index (κ1) is 18.9. The molecule has 1 saturated heterocycles. The lowest BCUT2D eigenvalue weighted by atomic mass is 10.00. The molecule has 0 spiro atoms. The maximum absolute atomic E-state index is 12.2. The molecule has 1 aliphatic rings. The number of benzene rings is 2. The average molecular weight is 373 g/mol. The molecule has 26 heavy (non-hydrogen) atoms. The normalized spacial score (nSPS) is 15.2. The van der Waals surface area contributed by atoms with E-state index < -0.39 is 0 Å². The van der Waals surface area contributed by atoms with Gasteiger partial charge in [-0.1, -0.05) is 23.7 Å². The maximum Gasteiger partial charge on any atom is 0.255 e. The molecule has 0 aliphatic carbocycles. The van der Waals surface area contributed by atoms with E-state index in [1.807, 2.05) is 12.1 Å². The lowest BCUT2D eigenvalue weighted by Crippen LogP contribution is -2.29. The minimum atomic E-state index is -0.133. The third-order valence-corrected chi connectivity index (χ3v) is 4.93. The summed E-state index contributed by atoms with van der Waals surface area (Å²) < 4.78 is 5.42. The van der Waals surface area contributed by atoms with Gasteiger partial charge in [0, 0.05) is 42.6 Å². The minimum absolute atomic E-state index is 0.133. The zero-order valence-corrected chi connectivity index (χ0v) is 15.8. The molecule has 4 nitrogen and oxygen atoms in total. The van der Waals surface area contributed by atoms with Gasteiger partial charge in [0.25, 0.3) is 5.91 Å². The van der Waals surface area contributed by atoms with Crippen molar-refractivity contribution in [2.45, 2.75) is 19.4 Å². The Morgan fingerprint density at radius 2 is 1.77 bits per heavy atom. The van der Waals surface area contributed by atoms with E-state index in [9.17, 15) is 4.79 Å². The molecule has 1 amide bonds. The molecule has 3 rings (SSSR count). The molecule has 2 aromatic carbocycles. The Kier molecular flexibility index (Phi) is 6.67. The molecule has 5 heteroatoms. The number of rotatable bonds is 6. The van der Waals surface area contributed by atoms with Crippen LogP contribution in [0.1, 0.15) is 28.8 Å². The summed E-state index contributed by atoms with van der Waals surface area (Å²) in [5.41, 5.74) is 2.62. The van der Waals surface area contributed by atoms with E-state index in [0.29, 0.717) is 10.6 Å². The van der Waals surface area contributed by atoms with Crippen molar-refractivity contribution in [3.05, 3.63) is 64.7 Å². The van der Waals surface area contributed by atoms with Crippen LogP contribution in [0.25, 0.3) is 0 Å². The summed E-state index contributed by atoms with van der Waals surface area (Å²) >= 11 is 5.86. The van der Waals surface area contributed by atoms with Crippen LogP contribution in [0.4, 0.5) is 5.69 Å². The Labute approximate surface area is 160 Å². The molecular formula is C21H25ClN2O2. The molecule has 0 bridgehead atoms. The van der Waals surface area contributed by atoms with Crippen molar-refractivity contribution in [3.63, 3.8) is 0 Å². The van der Waals surface area contributed by atoms with Gasteiger partial charge in [-0.05, 0) is 67.8 Å². The van der Waals surface area contributed by atoms with Gasteiger partial charge in [-0.3, -0.25) is 4.79 Å². The summed E-state index contributed by atoms with van der Waals surface area (Å²) in [6, 6.07) is 14.9. The Morgan fingerprint density at radius 3 is 2.42 bits per heavy atom. The fraction of sp³-hybridized carbons (Fsp3) is 0.381. The van der Waals surface area contributed by atoms with Gasteiger partial charge < -0.3 is 15.0 Å². The van der Waals surface area contributed by atoms with E-state index in [1.165, 1.54) is 5.56 Å². The van der Waals surface area contributed by atoms with Gasteiger partial charge in [-0.25, -0.2) is 0 Å². The molecule has 2 aromatic rings. The SMILES string of the molecule is CN(Cc1ccc(NC(=O)c2ccc(Cl)cc2)cc1)CC1CCOCC1. The maximum atomic E-state index is 12.2. The third kappa shape index (κ3) is 5.56. The number of nitrogens with one attached hydrogen (secondary N) is 1. The zero-order chi connectivity index (χ0) is 18.4. The van der Waals surface area contributed by atoms with Crippen molar-refractivity contribution < 1.29 is 9.53 Å². The number of amides is 1. The Hall–Kier alpha value is -1.88. The fourth-order valence-electron chi connectivity index (χ4n) is 3.24. The number of carbonyl (C=O) groups is 1. The van der Waals surface area contributed by atoms with Crippen molar-refractivity contribution in [2.75, 3.05) is 32.1 Å². The molecule has 0 aromatic heterocycles. The van der Waals surface area contributed by atoms with E-state index in [1.54, 1.807) is 24.3 Å². The fourth-order valence-corrected chi connectivity index (χ4v) is 3.37. The molecule has 1 heterocycles. The van der Waals surface area contributed by atoms with Gasteiger partial charge in [-0.2, -0.15) is 0 Å². The highest BCUT2D eigenvalue weighted by molar-refractivity contribution is 6.30. The second kappa shape index (κ2) is 9.17. The standard InChI is InChI=1S/C21H25ClN2O2/c1-24(15-17-10-12-26-13-11-17)14-16-2-8-20(9-3-16)23-21(25)18-4-6-19(22)7-5-18/h2-9,17H,10-15H2,1H3,(H,23,25). The van der Waals surface area contributed by atoms with Crippen molar-refractivity contribution in [1.29, 1.82) is 0 Å². The van der Waals surface area contributed by atoms with Crippen LogP contribution in [0.3, 0.4) is 0 Å². The summed E-state index contributed by atoms with van der Waals surface area (Å²) in [6.07, 6.45) is 2.31. The predicted octanol–water partition coefficient (Wildman–Crippen LogP) is 4.45. The van der Waals surface area contributed by atoms with Crippen LogP contribution in [0.2, 0.25) is 5.02 Å². The van der Waals surface area contributed by atoms with Gasteiger partial charge in [-0.15, -0.1) is 0 Å². The number of hydrogen-bond donors (Lipinski definition) is 1. The van der Waals surface area contributed by atoms with Crippen molar-refractivity contribution >= 4 is 23.2 Å². The first-order valence-electron chi connectivity index (χ1n) is 9.02. The van der Waals surface area contributed by atoms with E-state index >= 15 is 0 Å². The molecule has 1 aliphatic heterocycles. The van der Waals surface area contributed by atoms with Crippen LogP contribution in [0.5, 0.6) is 0 Å². The van der Waals surface area contributed by atoms with E-state index in [4.69, 9.17) is 16.3 Å². The van der Waals surface area contributed by atoms with Gasteiger partial charge >= 0.3 is 0 Å². The zero-order valence-electron chi connectivity index (χ0n) is 15.1. The molecule has 0 saturated carbocycles. The first-order chi connectivity index (χ1) is 12.6. The number of ether oxygens (including phenoxy) is 1. The van der Waals surface area contributed by atoms with Gasteiger partial charge in [0.2, 0.25) is 0 Å². The second-order valence-electron chi connectivity index (χ2n) is 6.91. The number of hydrogen-bond acceptors (Lipinski definition) is 3. The smallest absolute Gasteiger partial charge is 0.255 e. The van der Waals surface area contributed by atoms with E-state index in [-0.39, 0.29) is 5.91 Å². The average Bonchev–Trinajstić information content (AvgIpc) is 2.64. The van der Waals surface area contributed by atoms with E-state index in [2.05, 4.69) is 29.4 Å². The second-order valence-corrected chi connectivity index (χ2v) is 7.35. The topological polar surface area (TPSA) is 41.6 Å². The summed E-state index contributed by atoms with van der Waals surface area (Å²) in [4.78, 5) is 14.6. The summed E-state index contributed by atoms with van der Waals surface area (Å²) in [5, 5.41) is 3.54. The Bertz CT molecular complexity index is 710. The van der Waals surface area contributed by atoms with Crippen molar-refractivity contribution in [1.82, 2.24) is 4.90 Å². The van der Waals surface area contributed by atoms with Gasteiger partial charge in [0.1, 0.15) is 0 Å². The molecule has 138 valence electrons. The molecule has 1 fully saturated rings. The number of anilines is 1. The van der Waals surface area contributed by atoms with Crippen LogP contribution in [-0.2, 0) is 11.3 Å².